The van der Waals surface area contributed by atoms with Crippen LogP contribution in [0.25, 0.3) is 0 Å². The van der Waals surface area contributed by atoms with Crippen LogP contribution in [0.1, 0.15) is 21.6 Å². The summed E-state index contributed by atoms with van der Waals surface area (Å²) in [5.41, 5.74) is 2.23. The summed E-state index contributed by atoms with van der Waals surface area (Å²) in [5, 5.41) is 6.58. The van der Waals surface area contributed by atoms with Crippen molar-refractivity contribution in [2.75, 3.05) is 19.0 Å². The second-order valence-electron chi connectivity index (χ2n) is 6.03. The molecule has 3 aromatic rings. The van der Waals surface area contributed by atoms with Crippen molar-refractivity contribution in [1.29, 1.82) is 0 Å². The van der Waals surface area contributed by atoms with Gasteiger partial charge in [-0.15, -0.1) is 0 Å². The molecule has 3 rings (SSSR count). The number of methoxy groups -OCH3 is 1. The van der Waals surface area contributed by atoms with E-state index in [4.69, 9.17) is 16.3 Å². The van der Waals surface area contributed by atoms with E-state index in [2.05, 4.69) is 20.6 Å². The van der Waals surface area contributed by atoms with E-state index in [1.165, 1.54) is 0 Å². The lowest BCUT2D eigenvalue weighted by Gasteiger charge is -2.10. The van der Waals surface area contributed by atoms with Crippen LogP contribution < -0.4 is 15.4 Å². The number of anilines is 1. The summed E-state index contributed by atoms with van der Waals surface area (Å²) < 4.78 is 5.35. The van der Waals surface area contributed by atoms with Crippen LogP contribution in [0.4, 0.5) is 5.95 Å². The molecule has 0 atom stereocenters. The van der Waals surface area contributed by atoms with Crippen molar-refractivity contribution in [3.05, 3.63) is 82.6 Å². The monoisotopic (exact) mass is 396 g/mol. The minimum atomic E-state index is -0.282. The quantitative estimate of drug-likeness (QED) is 0.606. The number of halogens is 1. The number of carbonyl (C=O) groups is 1. The molecule has 28 heavy (non-hydrogen) atoms. The molecule has 2 N–H and O–H groups in total. The van der Waals surface area contributed by atoms with Gasteiger partial charge in [-0.2, -0.15) is 0 Å². The number of para-hydroxylation sites is 1. The van der Waals surface area contributed by atoms with E-state index in [1.807, 2.05) is 42.5 Å². The van der Waals surface area contributed by atoms with Crippen molar-refractivity contribution >= 4 is 23.5 Å². The van der Waals surface area contributed by atoms with Gasteiger partial charge in [0.15, 0.2) is 0 Å². The van der Waals surface area contributed by atoms with E-state index in [1.54, 1.807) is 25.4 Å². The van der Waals surface area contributed by atoms with Gasteiger partial charge in [0.2, 0.25) is 5.95 Å². The molecule has 0 bridgehead atoms. The average molecular weight is 397 g/mol. The zero-order chi connectivity index (χ0) is 19.8. The number of carbonyl (C=O) groups excluding carboxylic acids is 1. The lowest BCUT2D eigenvalue weighted by atomic mass is 10.1. The summed E-state index contributed by atoms with van der Waals surface area (Å²) in [6.45, 7) is 0.949. The highest BCUT2D eigenvalue weighted by Gasteiger charge is 2.10. The average Bonchev–Trinajstić information content (AvgIpc) is 2.73. The van der Waals surface area contributed by atoms with Gasteiger partial charge in [0.1, 0.15) is 11.4 Å². The van der Waals surface area contributed by atoms with Crippen LogP contribution in [0.15, 0.2) is 60.8 Å². The number of aromatic nitrogens is 2. The zero-order valence-electron chi connectivity index (χ0n) is 15.5. The molecule has 2 aromatic carbocycles. The van der Waals surface area contributed by atoms with Crippen molar-refractivity contribution in [1.82, 2.24) is 15.3 Å². The fraction of sp³-hybridized carbons (Fsp3) is 0.190. The van der Waals surface area contributed by atoms with Gasteiger partial charge < -0.3 is 15.4 Å². The lowest BCUT2D eigenvalue weighted by Crippen LogP contribution is -2.24. The summed E-state index contributed by atoms with van der Waals surface area (Å²) >= 11 is 6.11. The second-order valence-corrected chi connectivity index (χ2v) is 6.44. The maximum atomic E-state index is 12.4. The van der Waals surface area contributed by atoms with E-state index in [0.717, 1.165) is 23.3 Å². The van der Waals surface area contributed by atoms with Gasteiger partial charge in [-0.1, -0.05) is 48.0 Å². The van der Waals surface area contributed by atoms with Gasteiger partial charge in [-0.3, -0.25) is 4.79 Å². The first-order valence-corrected chi connectivity index (χ1v) is 9.25. The summed E-state index contributed by atoms with van der Waals surface area (Å²) in [6, 6.07) is 16.8. The van der Waals surface area contributed by atoms with Gasteiger partial charge in [-0.25, -0.2) is 9.97 Å². The molecule has 0 saturated carbocycles. The number of nitrogens with zero attached hydrogens (tertiary/aromatic N) is 2. The first-order valence-electron chi connectivity index (χ1n) is 8.88. The van der Waals surface area contributed by atoms with Gasteiger partial charge in [0, 0.05) is 24.3 Å². The van der Waals surface area contributed by atoms with Crippen molar-refractivity contribution in [2.24, 2.45) is 0 Å². The van der Waals surface area contributed by atoms with E-state index < -0.39 is 0 Å². The van der Waals surface area contributed by atoms with Gasteiger partial charge >= 0.3 is 0 Å². The predicted octanol–water partition coefficient (Wildman–Crippen LogP) is 3.72. The van der Waals surface area contributed by atoms with E-state index in [0.29, 0.717) is 29.8 Å². The van der Waals surface area contributed by atoms with Crippen LogP contribution in [0.3, 0.4) is 0 Å². The molecule has 0 aliphatic rings. The fourth-order valence-electron chi connectivity index (χ4n) is 2.70. The molecular weight excluding hydrogens is 376 g/mol. The minimum absolute atomic E-state index is 0.282. The zero-order valence-corrected chi connectivity index (χ0v) is 16.2. The molecule has 1 amide bonds. The Kier molecular flexibility index (Phi) is 6.81. The van der Waals surface area contributed by atoms with Crippen LogP contribution in [-0.2, 0) is 13.0 Å². The van der Waals surface area contributed by atoms with E-state index in [9.17, 15) is 4.79 Å². The van der Waals surface area contributed by atoms with Crippen LogP contribution in [0, 0.1) is 0 Å². The predicted molar refractivity (Wildman–Crippen MR) is 110 cm³/mol. The Hall–Kier alpha value is -3.12. The lowest BCUT2D eigenvalue weighted by molar-refractivity contribution is 0.0946. The Morgan fingerprint density at radius 2 is 1.82 bits per heavy atom. The Morgan fingerprint density at radius 1 is 1.07 bits per heavy atom. The largest absolute Gasteiger partial charge is 0.496 e. The van der Waals surface area contributed by atoms with Crippen LogP contribution in [0.2, 0.25) is 5.02 Å². The van der Waals surface area contributed by atoms with E-state index in [-0.39, 0.29) is 5.91 Å². The number of nitrogens with one attached hydrogen (secondary N) is 2. The number of rotatable bonds is 8. The molecule has 6 nitrogen and oxygen atoms in total. The molecule has 1 heterocycles. The van der Waals surface area contributed by atoms with Crippen molar-refractivity contribution in [2.45, 2.75) is 13.0 Å². The Bertz CT molecular complexity index is 949. The maximum absolute atomic E-state index is 12.4. The van der Waals surface area contributed by atoms with Crippen LogP contribution in [-0.4, -0.2) is 29.5 Å². The molecule has 0 fully saturated rings. The van der Waals surface area contributed by atoms with Gasteiger partial charge in [0.25, 0.3) is 5.91 Å². The highest BCUT2D eigenvalue weighted by molar-refractivity contribution is 6.31. The molecule has 144 valence electrons. The Morgan fingerprint density at radius 3 is 2.61 bits per heavy atom. The highest BCUT2D eigenvalue weighted by Crippen LogP contribution is 2.18. The molecule has 0 aliphatic carbocycles. The molecular formula is C21H21ClN4O2. The van der Waals surface area contributed by atoms with Crippen molar-refractivity contribution < 1.29 is 9.53 Å². The number of amides is 1. The summed E-state index contributed by atoms with van der Waals surface area (Å²) in [5.74, 6) is 0.966. The summed E-state index contributed by atoms with van der Waals surface area (Å²) in [7, 11) is 1.65. The third-order valence-corrected chi connectivity index (χ3v) is 4.52. The normalized spacial score (nSPS) is 10.4. The maximum Gasteiger partial charge on any atom is 0.270 e. The third kappa shape index (κ3) is 5.20. The van der Waals surface area contributed by atoms with Crippen LogP contribution >= 0.6 is 11.6 Å². The molecule has 1 aromatic heterocycles. The first-order chi connectivity index (χ1) is 13.7. The topological polar surface area (TPSA) is 76.1 Å². The third-order valence-electron chi connectivity index (χ3n) is 4.16. The molecule has 0 aliphatic heterocycles. The number of hydrogen-bond acceptors (Lipinski definition) is 5. The summed E-state index contributed by atoms with van der Waals surface area (Å²) in [4.78, 5) is 20.8. The minimum Gasteiger partial charge on any atom is -0.496 e. The Labute approximate surface area is 168 Å². The molecule has 0 spiro atoms. The highest BCUT2D eigenvalue weighted by atomic mass is 35.5. The second kappa shape index (κ2) is 9.71. The Balaban J connectivity index is 1.56. The molecule has 0 unspecified atom stereocenters. The summed E-state index contributed by atoms with van der Waals surface area (Å²) in [6.07, 6.45) is 2.30. The van der Waals surface area contributed by atoms with Crippen molar-refractivity contribution in [3.63, 3.8) is 0 Å². The smallest absolute Gasteiger partial charge is 0.270 e. The molecule has 7 heteroatoms. The van der Waals surface area contributed by atoms with Gasteiger partial charge in [0.05, 0.1) is 7.11 Å². The van der Waals surface area contributed by atoms with Crippen LogP contribution in [0.5, 0.6) is 5.75 Å². The van der Waals surface area contributed by atoms with E-state index >= 15 is 0 Å². The number of hydrogen-bond donors (Lipinski definition) is 2. The fourth-order valence-corrected chi connectivity index (χ4v) is 2.90. The first kappa shape index (κ1) is 19.6. The van der Waals surface area contributed by atoms with Crippen molar-refractivity contribution in [3.8, 4) is 5.75 Å². The number of benzene rings is 2. The van der Waals surface area contributed by atoms with Gasteiger partial charge in [-0.05, 0) is 35.7 Å². The number of ether oxygens (including phenoxy) is 1. The standard InChI is InChI=1S/C21H21ClN4O2/c1-28-19-9-5-3-6-15(19)10-12-23-21-24-13-11-18(26-21)20(27)25-14-16-7-2-4-8-17(16)22/h2-9,11,13H,10,12,14H2,1H3,(H,25,27)(H,23,24,26). The molecule has 0 radical (unpaired) electrons. The SMILES string of the molecule is COc1ccccc1CCNc1nccc(C(=O)NCc2ccccc2Cl)n1. The molecule has 0 saturated heterocycles.